The highest BCUT2D eigenvalue weighted by Crippen LogP contribution is 2.17. The molecular weight excluding hydrogens is 352 g/mol. The molecule has 25 heavy (non-hydrogen) atoms. The first-order valence-corrected chi connectivity index (χ1v) is 10.1. The molecule has 1 atom stereocenters. The standard InChI is InChI=1S/C20H23ClN2OS/c21-18-8-4-7-17(11-18)14-25-15-20(24)22-19-9-10-23(13-19)12-16-5-2-1-3-6-16/h1-8,11,19H,9-10,12-15H2,(H,22,24). The van der Waals surface area contributed by atoms with Crippen LogP contribution in [0.15, 0.2) is 54.6 Å². The number of amides is 1. The molecule has 0 aliphatic carbocycles. The second-order valence-corrected chi connectivity index (χ2v) is 7.82. The largest absolute Gasteiger partial charge is 0.351 e. The van der Waals surface area contributed by atoms with Crippen LogP contribution < -0.4 is 5.32 Å². The molecule has 1 aliphatic heterocycles. The van der Waals surface area contributed by atoms with Gasteiger partial charge in [0.2, 0.25) is 5.91 Å². The van der Waals surface area contributed by atoms with Gasteiger partial charge in [0.05, 0.1) is 5.75 Å². The molecule has 1 heterocycles. The minimum atomic E-state index is 0.124. The topological polar surface area (TPSA) is 32.3 Å². The summed E-state index contributed by atoms with van der Waals surface area (Å²) in [5.41, 5.74) is 2.48. The van der Waals surface area contributed by atoms with Crippen molar-refractivity contribution in [1.29, 1.82) is 0 Å². The molecule has 1 saturated heterocycles. The van der Waals surface area contributed by atoms with Gasteiger partial charge in [-0.25, -0.2) is 0 Å². The lowest BCUT2D eigenvalue weighted by Crippen LogP contribution is -2.38. The van der Waals surface area contributed by atoms with Gasteiger partial charge in [-0.2, -0.15) is 0 Å². The molecule has 0 radical (unpaired) electrons. The zero-order valence-corrected chi connectivity index (χ0v) is 15.7. The fraction of sp³-hybridized carbons (Fsp3) is 0.350. The number of carbonyl (C=O) groups excluding carboxylic acids is 1. The summed E-state index contributed by atoms with van der Waals surface area (Å²) in [4.78, 5) is 14.5. The zero-order chi connectivity index (χ0) is 17.5. The van der Waals surface area contributed by atoms with Crippen molar-refractivity contribution in [1.82, 2.24) is 10.2 Å². The Hall–Kier alpha value is -1.49. The molecule has 0 bridgehead atoms. The van der Waals surface area contributed by atoms with Crippen LogP contribution in [0.3, 0.4) is 0 Å². The van der Waals surface area contributed by atoms with Crippen molar-refractivity contribution >= 4 is 29.3 Å². The average molecular weight is 375 g/mol. The minimum Gasteiger partial charge on any atom is -0.351 e. The van der Waals surface area contributed by atoms with Crippen LogP contribution in [0, 0.1) is 0 Å². The van der Waals surface area contributed by atoms with E-state index in [4.69, 9.17) is 11.6 Å². The van der Waals surface area contributed by atoms with Crippen molar-refractivity contribution in [2.75, 3.05) is 18.8 Å². The fourth-order valence-electron chi connectivity index (χ4n) is 3.09. The van der Waals surface area contributed by atoms with Crippen molar-refractivity contribution < 1.29 is 4.79 Å². The van der Waals surface area contributed by atoms with E-state index in [2.05, 4.69) is 34.5 Å². The summed E-state index contributed by atoms with van der Waals surface area (Å²) in [7, 11) is 0. The summed E-state index contributed by atoms with van der Waals surface area (Å²) in [6.07, 6.45) is 1.03. The van der Waals surface area contributed by atoms with Crippen molar-refractivity contribution in [3.63, 3.8) is 0 Å². The molecule has 132 valence electrons. The molecule has 3 rings (SSSR count). The maximum Gasteiger partial charge on any atom is 0.230 e. The van der Waals surface area contributed by atoms with Crippen LogP contribution in [-0.4, -0.2) is 35.7 Å². The first-order valence-electron chi connectivity index (χ1n) is 8.57. The van der Waals surface area contributed by atoms with E-state index >= 15 is 0 Å². The van der Waals surface area contributed by atoms with E-state index in [1.165, 1.54) is 5.56 Å². The van der Waals surface area contributed by atoms with Crippen molar-refractivity contribution in [2.24, 2.45) is 0 Å². The Labute approximate surface area is 158 Å². The number of halogens is 1. The first-order chi connectivity index (χ1) is 12.2. The first kappa shape index (κ1) is 18.3. The Morgan fingerprint density at radius 1 is 1.16 bits per heavy atom. The molecule has 5 heteroatoms. The van der Waals surface area contributed by atoms with Crippen LogP contribution in [0.25, 0.3) is 0 Å². The van der Waals surface area contributed by atoms with Crippen molar-refractivity contribution in [3.05, 3.63) is 70.7 Å². The normalized spacial score (nSPS) is 17.6. The number of benzene rings is 2. The molecule has 0 spiro atoms. The molecular formula is C20H23ClN2OS. The highest BCUT2D eigenvalue weighted by Gasteiger charge is 2.23. The van der Waals surface area contributed by atoms with E-state index in [0.717, 1.165) is 42.4 Å². The SMILES string of the molecule is O=C(CSCc1cccc(Cl)c1)NC1CCN(Cc2ccccc2)C1. The van der Waals surface area contributed by atoms with Gasteiger partial charge in [0.25, 0.3) is 0 Å². The summed E-state index contributed by atoms with van der Waals surface area (Å²) < 4.78 is 0. The number of carbonyl (C=O) groups is 1. The second kappa shape index (κ2) is 9.27. The van der Waals surface area contributed by atoms with Crippen molar-refractivity contribution in [2.45, 2.75) is 24.8 Å². The molecule has 1 amide bonds. The van der Waals surface area contributed by atoms with Gasteiger partial charge in [0, 0.05) is 36.5 Å². The summed E-state index contributed by atoms with van der Waals surface area (Å²) in [6, 6.07) is 18.5. The molecule has 0 saturated carbocycles. The van der Waals surface area contributed by atoms with Crippen LogP contribution >= 0.6 is 23.4 Å². The van der Waals surface area contributed by atoms with Crippen LogP contribution in [0.5, 0.6) is 0 Å². The maximum atomic E-state index is 12.1. The second-order valence-electron chi connectivity index (χ2n) is 6.40. The van der Waals surface area contributed by atoms with Gasteiger partial charge in [0.1, 0.15) is 0 Å². The predicted octanol–water partition coefficient (Wildman–Crippen LogP) is 3.96. The third-order valence-electron chi connectivity index (χ3n) is 4.28. The van der Waals surface area contributed by atoms with E-state index in [-0.39, 0.29) is 11.9 Å². The number of hydrogen-bond donors (Lipinski definition) is 1. The predicted molar refractivity (Wildman–Crippen MR) is 106 cm³/mol. The van der Waals surface area contributed by atoms with Gasteiger partial charge >= 0.3 is 0 Å². The van der Waals surface area contributed by atoms with E-state index in [0.29, 0.717) is 5.75 Å². The molecule has 1 fully saturated rings. The molecule has 2 aromatic rings. The smallest absolute Gasteiger partial charge is 0.230 e. The van der Waals surface area contributed by atoms with Crippen LogP contribution in [0.1, 0.15) is 17.5 Å². The van der Waals surface area contributed by atoms with Gasteiger partial charge in [-0.1, -0.05) is 54.1 Å². The Morgan fingerprint density at radius 3 is 2.76 bits per heavy atom. The molecule has 0 aromatic heterocycles. The Bertz CT molecular complexity index is 695. The van der Waals surface area contributed by atoms with Gasteiger partial charge in [-0.3, -0.25) is 9.69 Å². The van der Waals surface area contributed by atoms with E-state index in [1.54, 1.807) is 11.8 Å². The summed E-state index contributed by atoms with van der Waals surface area (Å²) in [5, 5.41) is 3.91. The summed E-state index contributed by atoms with van der Waals surface area (Å²) in [6.45, 7) is 2.92. The van der Waals surface area contributed by atoms with Gasteiger partial charge in [-0.05, 0) is 29.7 Å². The Morgan fingerprint density at radius 2 is 1.96 bits per heavy atom. The number of likely N-dealkylation sites (tertiary alicyclic amines) is 1. The number of nitrogens with zero attached hydrogens (tertiary/aromatic N) is 1. The third-order valence-corrected chi connectivity index (χ3v) is 5.52. The quantitative estimate of drug-likeness (QED) is 0.796. The monoisotopic (exact) mass is 374 g/mol. The van der Waals surface area contributed by atoms with Gasteiger partial charge in [-0.15, -0.1) is 11.8 Å². The maximum absolute atomic E-state index is 12.1. The molecule has 1 N–H and O–H groups in total. The highest BCUT2D eigenvalue weighted by atomic mass is 35.5. The van der Waals surface area contributed by atoms with E-state index in [9.17, 15) is 4.79 Å². The molecule has 1 aliphatic rings. The van der Waals surface area contributed by atoms with Gasteiger partial charge < -0.3 is 5.32 Å². The summed E-state index contributed by atoms with van der Waals surface area (Å²) >= 11 is 7.60. The fourth-order valence-corrected chi connectivity index (χ4v) is 4.09. The minimum absolute atomic E-state index is 0.124. The van der Waals surface area contributed by atoms with E-state index in [1.807, 2.05) is 30.3 Å². The lowest BCUT2D eigenvalue weighted by Gasteiger charge is -2.16. The lowest BCUT2D eigenvalue weighted by atomic mass is 10.2. The summed E-state index contributed by atoms with van der Waals surface area (Å²) in [5.74, 6) is 1.42. The number of nitrogens with one attached hydrogen (secondary N) is 1. The third kappa shape index (κ3) is 6.07. The Kier molecular flexibility index (Phi) is 6.79. The molecule has 2 aromatic carbocycles. The molecule has 1 unspecified atom stereocenters. The van der Waals surface area contributed by atoms with Crippen LogP contribution in [0.4, 0.5) is 0 Å². The molecule has 3 nitrogen and oxygen atoms in total. The average Bonchev–Trinajstić information content (AvgIpc) is 3.02. The van der Waals surface area contributed by atoms with Crippen LogP contribution in [-0.2, 0) is 17.1 Å². The number of rotatable bonds is 7. The number of thioether (sulfide) groups is 1. The van der Waals surface area contributed by atoms with E-state index < -0.39 is 0 Å². The Balaban J connectivity index is 1.36. The zero-order valence-electron chi connectivity index (χ0n) is 14.2. The van der Waals surface area contributed by atoms with Crippen LogP contribution in [0.2, 0.25) is 5.02 Å². The lowest BCUT2D eigenvalue weighted by molar-refractivity contribution is -0.119. The van der Waals surface area contributed by atoms with Crippen molar-refractivity contribution in [3.8, 4) is 0 Å². The van der Waals surface area contributed by atoms with Gasteiger partial charge in [0.15, 0.2) is 0 Å². The highest BCUT2D eigenvalue weighted by molar-refractivity contribution is 7.99. The number of hydrogen-bond acceptors (Lipinski definition) is 3.